The molecule has 7 nitrogen and oxygen atoms in total. The number of carbonyl (C=O) groups is 1. The minimum atomic E-state index is -0.330. The molecule has 0 radical (unpaired) electrons. The lowest BCUT2D eigenvalue weighted by Gasteiger charge is -2.38. The van der Waals surface area contributed by atoms with Gasteiger partial charge in [-0.1, -0.05) is 24.3 Å². The SMILES string of the molecule is N#Cc1cccc(C(C(c2cccnc2)c2cccnc2)N2CCC[C@H]2C(=O)NCCO)c1. The van der Waals surface area contributed by atoms with Crippen LogP contribution < -0.4 is 5.32 Å². The van der Waals surface area contributed by atoms with Crippen molar-refractivity contribution in [2.75, 3.05) is 19.7 Å². The Morgan fingerprint density at radius 2 is 1.82 bits per heavy atom. The number of rotatable bonds is 8. The molecule has 2 N–H and O–H groups in total. The van der Waals surface area contributed by atoms with Gasteiger partial charge in [-0.15, -0.1) is 0 Å². The lowest BCUT2D eigenvalue weighted by molar-refractivity contribution is -0.126. The Bertz CT molecular complexity index is 1060. The first-order valence-electron chi connectivity index (χ1n) is 11.2. The molecule has 1 aromatic carbocycles. The largest absolute Gasteiger partial charge is 0.395 e. The van der Waals surface area contributed by atoms with E-state index in [1.807, 2.05) is 54.9 Å². The van der Waals surface area contributed by atoms with Gasteiger partial charge in [-0.3, -0.25) is 19.7 Å². The van der Waals surface area contributed by atoms with Crippen LogP contribution in [0.4, 0.5) is 0 Å². The molecule has 1 aliphatic heterocycles. The second kappa shape index (κ2) is 10.8. The van der Waals surface area contributed by atoms with E-state index in [9.17, 15) is 15.2 Å². The van der Waals surface area contributed by atoms with E-state index in [0.717, 1.165) is 36.1 Å². The minimum absolute atomic E-state index is 0.0842. The summed E-state index contributed by atoms with van der Waals surface area (Å²) in [6, 6.07) is 17.2. The molecule has 3 aromatic rings. The summed E-state index contributed by atoms with van der Waals surface area (Å²) in [4.78, 5) is 24.0. The van der Waals surface area contributed by atoms with Crippen molar-refractivity contribution in [2.45, 2.75) is 30.8 Å². The first kappa shape index (κ1) is 22.6. The van der Waals surface area contributed by atoms with Crippen molar-refractivity contribution in [3.8, 4) is 6.07 Å². The number of nitriles is 1. The number of aromatic nitrogens is 2. The van der Waals surface area contributed by atoms with E-state index >= 15 is 0 Å². The molecule has 3 heterocycles. The van der Waals surface area contributed by atoms with Crippen LogP contribution in [0.15, 0.2) is 73.3 Å². The molecular weight excluding hydrogens is 414 g/mol. The number of amides is 1. The fourth-order valence-corrected chi connectivity index (χ4v) is 4.74. The predicted octanol–water partition coefficient (Wildman–Crippen LogP) is 2.79. The van der Waals surface area contributed by atoms with Crippen molar-refractivity contribution in [1.82, 2.24) is 20.2 Å². The van der Waals surface area contributed by atoms with Crippen molar-refractivity contribution >= 4 is 5.91 Å². The molecule has 33 heavy (non-hydrogen) atoms. The van der Waals surface area contributed by atoms with Gasteiger partial charge in [-0.05, 0) is 60.3 Å². The second-order valence-corrected chi connectivity index (χ2v) is 8.14. The molecule has 1 fully saturated rings. The molecule has 1 amide bonds. The molecule has 0 aliphatic carbocycles. The van der Waals surface area contributed by atoms with E-state index < -0.39 is 0 Å². The van der Waals surface area contributed by atoms with Gasteiger partial charge in [0, 0.05) is 43.3 Å². The Morgan fingerprint density at radius 3 is 2.42 bits per heavy atom. The van der Waals surface area contributed by atoms with E-state index in [1.165, 1.54) is 0 Å². The van der Waals surface area contributed by atoms with Crippen LogP contribution in [-0.4, -0.2) is 51.6 Å². The summed E-state index contributed by atoms with van der Waals surface area (Å²) in [5.41, 5.74) is 3.57. The van der Waals surface area contributed by atoms with E-state index in [1.54, 1.807) is 18.5 Å². The van der Waals surface area contributed by atoms with Crippen LogP contribution in [0.2, 0.25) is 0 Å². The number of likely N-dealkylation sites (tertiary alicyclic amines) is 1. The maximum absolute atomic E-state index is 13.0. The first-order valence-corrected chi connectivity index (χ1v) is 11.2. The van der Waals surface area contributed by atoms with Gasteiger partial charge in [0.1, 0.15) is 0 Å². The van der Waals surface area contributed by atoms with Crippen LogP contribution in [0.3, 0.4) is 0 Å². The lowest BCUT2D eigenvalue weighted by atomic mass is 9.81. The number of hydrogen-bond acceptors (Lipinski definition) is 6. The lowest BCUT2D eigenvalue weighted by Crippen LogP contribution is -2.46. The van der Waals surface area contributed by atoms with Gasteiger partial charge in [-0.25, -0.2) is 0 Å². The summed E-state index contributed by atoms with van der Waals surface area (Å²) in [6.07, 6.45) is 8.83. The molecular formula is C26H27N5O2. The van der Waals surface area contributed by atoms with Crippen LogP contribution in [0, 0.1) is 11.3 Å². The average molecular weight is 442 g/mol. The fourth-order valence-electron chi connectivity index (χ4n) is 4.74. The summed E-state index contributed by atoms with van der Waals surface area (Å²) in [5.74, 6) is -0.230. The fraction of sp³-hybridized carbons (Fsp3) is 0.308. The summed E-state index contributed by atoms with van der Waals surface area (Å²) >= 11 is 0. The van der Waals surface area contributed by atoms with Crippen molar-refractivity contribution in [1.29, 1.82) is 5.26 Å². The molecule has 2 aromatic heterocycles. The molecule has 0 spiro atoms. The third-order valence-electron chi connectivity index (χ3n) is 6.13. The zero-order valence-corrected chi connectivity index (χ0v) is 18.3. The summed E-state index contributed by atoms with van der Waals surface area (Å²) in [7, 11) is 0. The first-order chi connectivity index (χ1) is 16.2. The zero-order chi connectivity index (χ0) is 23.0. The predicted molar refractivity (Wildman–Crippen MR) is 124 cm³/mol. The third-order valence-corrected chi connectivity index (χ3v) is 6.13. The number of benzene rings is 1. The van der Waals surface area contributed by atoms with Crippen molar-refractivity contribution < 1.29 is 9.90 Å². The highest BCUT2D eigenvalue weighted by Crippen LogP contribution is 2.43. The Labute approximate surface area is 193 Å². The summed E-state index contributed by atoms with van der Waals surface area (Å²) in [6.45, 7) is 0.877. The van der Waals surface area contributed by atoms with Gasteiger partial charge < -0.3 is 10.4 Å². The Balaban J connectivity index is 1.85. The normalized spacial score (nSPS) is 16.9. The summed E-state index contributed by atoms with van der Waals surface area (Å²) in [5, 5.41) is 21.6. The average Bonchev–Trinajstić information content (AvgIpc) is 3.36. The van der Waals surface area contributed by atoms with Crippen molar-refractivity contribution in [3.63, 3.8) is 0 Å². The molecule has 168 valence electrons. The van der Waals surface area contributed by atoms with E-state index in [-0.39, 0.29) is 37.1 Å². The maximum atomic E-state index is 13.0. The molecule has 0 bridgehead atoms. The Kier molecular flexibility index (Phi) is 7.40. The number of nitrogens with one attached hydrogen (secondary N) is 1. The van der Waals surface area contributed by atoms with Crippen molar-refractivity contribution in [2.24, 2.45) is 0 Å². The maximum Gasteiger partial charge on any atom is 0.237 e. The van der Waals surface area contributed by atoms with E-state index in [2.05, 4.69) is 26.3 Å². The van der Waals surface area contributed by atoms with E-state index in [4.69, 9.17) is 0 Å². The molecule has 1 aliphatic rings. The quantitative estimate of drug-likeness (QED) is 0.557. The second-order valence-electron chi connectivity index (χ2n) is 8.14. The number of aliphatic hydroxyl groups is 1. The van der Waals surface area contributed by atoms with Crippen LogP contribution in [-0.2, 0) is 4.79 Å². The highest BCUT2D eigenvalue weighted by Gasteiger charge is 2.40. The van der Waals surface area contributed by atoms with Gasteiger partial charge in [0.05, 0.1) is 24.3 Å². The van der Waals surface area contributed by atoms with Crippen LogP contribution in [0.5, 0.6) is 0 Å². The molecule has 1 saturated heterocycles. The van der Waals surface area contributed by atoms with Gasteiger partial charge in [0.15, 0.2) is 0 Å². The number of nitrogens with zero attached hydrogens (tertiary/aromatic N) is 4. The Morgan fingerprint density at radius 1 is 1.12 bits per heavy atom. The topological polar surface area (TPSA) is 102 Å². The standard InChI is InChI=1S/C26H27N5O2/c27-16-19-5-1-6-20(15-19)25(31-13-4-9-23(31)26(33)30-12-14-32)24(21-7-2-10-28-17-21)22-8-3-11-29-18-22/h1-3,5-8,10-11,15,17-18,23-25,32H,4,9,12-14H2,(H,30,33)/t23-,25?/m0/s1. The molecule has 7 heteroatoms. The van der Waals surface area contributed by atoms with Gasteiger partial charge >= 0.3 is 0 Å². The highest BCUT2D eigenvalue weighted by atomic mass is 16.3. The molecule has 0 saturated carbocycles. The van der Waals surface area contributed by atoms with Gasteiger partial charge in [0.25, 0.3) is 0 Å². The van der Waals surface area contributed by atoms with Crippen LogP contribution in [0.25, 0.3) is 0 Å². The smallest absolute Gasteiger partial charge is 0.237 e. The monoisotopic (exact) mass is 441 g/mol. The number of pyridine rings is 2. The van der Waals surface area contributed by atoms with E-state index in [0.29, 0.717) is 5.56 Å². The number of hydrogen-bond donors (Lipinski definition) is 2. The molecule has 1 unspecified atom stereocenters. The molecule has 2 atom stereocenters. The highest BCUT2D eigenvalue weighted by molar-refractivity contribution is 5.82. The summed E-state index contributed by atoms with van der Waals surface area (Å²) < 4.78 is 0. The van der Waals surface area contributed by atoms with Crippen LogP contribution >= 0.6 is 0 Å². The molecule has 4 rings (SSSR count). The zero-order valence-electron chi connectivity index (χ0n) is 18.3. The minimum Gasteiger partial charge on any atom is -0.395 e. The van der Waals surface area contributed by atoms with Crippen molar-refractivity contribution in [3.05, 3.63) is 95.6 Å². The van der Waals surface area contributed by atoms with Crippen LogP contribution in [0.1, 0.15) is 47.1 Å². The third kappa shape index (κ3) is 5.08. The number of carbonyl (C=O) groups excluding carboxylic acids is 1. The Hall–Kier alpha value is -3.60. The number of aliphatic hydroxyl groups excluding tert-OH is 1. The van der Waals surface area contributed by atoms with Gasteiger partial charge in [0.2, 0.25) is 5.91 Å². The van der Waals surface area contributed by atoms with Gasteiger partial charge in [-0.2, -0.15) is 5.26 Å².